The van der Waals surface area contributed by atoms with Crippen LogP contribution < -0.4 is 10.1 Å². The molecule has 1 heterocycles. The molecule has 1 aliphatic heterocycles. The molecular formula is C16H23N3O3. The number of hydrogen-bond donors (Lipinski definition) is 1. The first kappa shape index (κ1) is 16.3. The van der Waals surface area contributed by atoms with E-state index in [-0.39, 0.29) is 12.0 Å². The van der Waals surface area contributed by atoms with Crippen LogP contribution in [0.3, 0.4) is 0 Å². The van der Waals surface area contributed by atoms with Crippen molar-refractivity contribution in [3.05, 3.63) is 30.3 Å². The number of rotatable bonds is 4. The molecule has 0 unspecified atom stereocenters. The number of amides is 2. The van der Waals surface area contributed by atoms with E-state index < -0.39 is 0 Å². The smallest absolute Gasteiger partial charge is 0.410 e. The second-order valence-corrected chi connectivity index (χ2v) is 5.25. The van der Waals surface area contributed by atoms with Crippen LogP contribution in [0.4, 0.5) is 4.79 Å². The number of hydrogen-bond acceptors (Lipinski definition) is 4. The lowest BCUT2D eigenvalue weighted by Gasteiger charge is -2.21. The van der Waals surface area contributed by atoms with Crippen molar-refractivity contribution in [2.75, 3.05) is 39.3 Å². The Hall–Kier alpha value is -2.08. The largest absolute Gasteiger partial charge is 0.415 e. The van der Waals surface area contributed by atoms with Crippen molar-refractivity contribution in [3.63, 3.8) is 0 Å². The lowest BCUT2D eigenvalue weighted by molar-refractivity contribution is -0.122. The van der Waals surface area contributed by atoms with E-state index in [0.717, 1.165) is 13.0 Å². The molecular weight excluding hydrogens is 282 g/mol. The third-order valence-electron chi connectivity index (χ3n) is 3.54. The average molecular weight is 305 g/mol. The molecule has 0 aromatic heterocycles. The molecule has 2 amide bonds. The Bertz CT molecular complexity index is 493. The number of nitrogens with one attached hydrogen (secondary N) is 1. The van der Waals surface area contributed by atoms with Gasteiger partial charge in [-0.15, -0.1) is 0 Å². The summed E-state index contributed by atoms with van der Waals surface area (Å²) < 4.78 is 5.35. The lowest BCUT2D eigenvalue weighted by atomic mass is 10.3. The van der Waals surface area contributed by atoms with Gasteiger partial charge in [0, 0.05) is 32.7 Å². The first-order valence-corrected chi connectivity index (χ1v) is 7.70. The molecule has 2 rings (SSSR count). The molecule has 1 saturated heterocycles. The molecule has 0 spiro atoms. The van der Waals surface area contributed by atoms with E-state index in [0.29, 0.717) is 38.5 Å². The maximum Gasteiger partial charge on any atom is 0.415 e. The minimum Gasteiger partial charge on any atom is -0.410 e. The number of benzene rings is 1. The summed E-state index contributed by atoms with van der Waals surface area (Å²) in [6, 6.07) is 9.06. The monoisotopic (exact) mass is 305 g/mol. The fourth-order valence-electron chi connectivity index (χ4n) is 2.42. The van der Waals surface area contributed by atoms with Crippen molar-refractivity contribution >= 4 is 12.0 Å². The minimum absolute atomic E-state index is 0.0304. The highest BCUT2D eigenvalue weighted by Crippen LogP contribution is 2.11. The Morgan fingerprint density at radius 3 is 2.64 bits per heavy atom. The SMILES string of the molecule is CCNC(=O)CN1CCCN(C(=O)Oc2ccccc2)CC1. The summed E-state index contributed by atoms with van der Waals surface area (Å²) in [7, 11) is 0. The van der Waals surface area contributed by atoms with Gasteiger partial charge >= 0.3 is 6.09 Å². The standard InChI is InChI=1S/C16H23N3O3/c1-2-17-15(20)13-18-9-6-10-19(12-11-18)16(21)22-14-7-4-3-5-8-14/h3-5,7-8H,2,6,9-13H2,1H3,(H,17,20). The van der Waals surface area contributed by atoms with Gasteiger partial charge in [0.15, 0.2) is 0 Å². The zero-order valence-corrected chi connectivity index (χ0v) is 13.0. The predicted octanol–water partition coefficient (Wildman–Crippen LogP) is 1.33. The summed E-state index contributed by atoms with van der Waals surface area (Å²) in [6.07, 6.45) is 0.509. The summed E-state index contributed by atoms with van der Waals surface area (Å²) in [6.45, 7) is 5.65. The van der Waals surface area contributed by atoms with Crippen LogP contribution in [0.25, 0.3) is 0 Å². The minimum atomic E-state index is -0.328. The van der Waals surface area contributed by atoms with Crippen molar-refractivity contribution in [1.29, 1.82) is 0 Å². The first-order valence-electron chi connectivity index (χ1n) is 7.70. The van der Waals surface area contributed by atoms with Crippen LogP contribution in [-0.2, 0) is 4.79 Å². The number of carbonyl (C=O) groups excluding carboxylic acids is 2. The molecule has 0 aliphatic carbocycles. The Kier molecular flexibility index (Phi) is 6.21. The molecule has 0 atom stereocenters. The van der Waals surface area contributed by atoms with Crippen molar-refractivity contribution < 1.29 is 14.3 Å². The third kappa shape index (κ3) is 5.04. The maximum absolute atomic E-state index is 12.2. The van der Waals surface area contributed by atoms with Crippen LogP contribution in [0.1, 0.15) is 13.3 Å². The first-order chi connectivity index (χ1) is 10.7. The van der Waals surface area contributed by atoms with Gasteiger partial charge in [0.1, 0.15) is 5.75 Å². The summed E-state index contributed by atoms with van der Waals surface area (Å²) in [5.74, 6) is 0.582. The van der Waals surface area contributed by atoms with Gasteiger partial charge in [0.2, 0.25) is 5.91 Å². The Morgan fingerprint density at radius 1 is 1.14 bits per heavy atom. The molecule has 1 aliphatic rings. The molecule has 1 fully saturated rings. The van der Waals surface area contributed by atoms with Gasteiger partial charge in [-0.2, -0.15) is 0 Å². The fourth-order valence-corrected chi connectivity index (χ4v) is 2.42. The molecule has 6 heteroatoms. The van der Waals surface area contributed by atoms with E-state index in [1.54, 1.807) is 17.0 Å². The zero-order valence-electron chi connectivity index (χ0n) is 13.0. The molecule has 0 saturated carbocycles. The van der Waals surface area contributed by atoms with Gasteiger partial charge < -0.3 is 15.0 Å². The summed E-state index contributed by atoms with van der Waals surface area (Å²) in [4.78, 5) is 27.5. The van der Waals surface area contributed by atoms with Crippen molar-refractivity contribution in [2.45, 2.75) is 13.3 Å². The summed E-state index contributed by atoms with van der Waals surface area (Å²) in [5.41, 5.74) is 0. The zero-order chi connectivity index (χ0) is 15.8. The lowest BCUT2D eigenvalue weighted by Crippen LogP contribution is -2.40. The molecule has 1 aromatic carbocycles. The van der Waals surface area contributed by atoms with Crippen LogP contribution in [0.5, 0.6) is 5.75 Å². The van der Waals surface area contributed by atoms with Gasteiger partial charge in [-0.1, -0.05) is 18.2 Å². The molecule has 0 radical (unpaired) electrons. The normalized spacial score (nSPS) is 16.0. The summed E-state index contributed by atoms with van der Waals surface area (Å²) in [5, 5.41) is 2.79. The van der Waals surface area contributed by atoms with Gasteiger partial charge in [-0.3, -0.25) is 9.69 Å². The number of ether oxygens (including phenoxy) is 1. The van der Waals surface area contributed by atoms with E-state index in [9.17, 15) is 9.59 Å². The third-order valence-corrected chi connectivity index (χ3v) is 3.54. The Labute approximate surface area is 131 Å². The highest BCUT2D eigenvalue weighted by Gasteiger charge is 2.21. The van der Waals surface area contributed by atoms with E-state index in [1.165, 1.54) is 0 Å². The van der Waals surface area contributed by atoms with Crippen molar-refractivity contribution in [1.82, 2.24) is 15.1 Å². The molecule has 6 nitrogen and oxygen atoms in total. The molecule has 0 bridgehead atoms. The fraction of sp³-hybridized carbons (Fsp3) is 0.500. The Balaban J connectivity index is 1.82. The van der Waals surface area contributed by atoms with E-state index in [4.69, 9.17) is 4.74 Å². The molecule has 22 heavy (non-hydrogen) atoms. The van der Waals surface area contributed by atoms with Crippen molar-refractivity contribution in [2.24, 2.45) is 0 Å². The summed E-state index contributed by atoms with van der Waals surface area (Å²) >= 11 is 0. The predicted molar refractivity (Wildman–Crippen MR) is 83.8 cm³/mol. The Morgan fingerprint density at radius 2 is 1.91 bits per heavy atom. The van der Waals surface area contributed by atoms with Crippen LogP contribution in [-0.4, -0.2) is 61.1 Å². The number of likely N-dealkylation sites (N-methyl/N-ethyl adjacent to an activating group) is 1. The topological polar surface area (TPSA) is 61.9 Å². The van der Waals surface area contributed by atoms with Gasteiger partial charge in [0.05, 0.1) is 6.54 Å². The van der Waals surface area contributed by atoms with E-state index >= 15 is 0 Å². The van der Waals surface area contributed by atoms with Gasteiger partial charge in [-0.05, 0) is 25.5 Å². The van der Waals surface area contributed by atoms with Gasteiger partial charge in [0.25, 0.3) is 0 Å². The van der Waals surface area contributed by atoms with E-state index in [2.05, 4.69) is 10.2 Å². The number of nitrogens with zero attached hydrogens (tertiary/aromatic N) is 2. The molecule has 120 valence electrons. The average Bonchev–Trinajstić information content (AvgIpc) is 2.74. The van der Waals surface area contributed by atoms with Crippen LogP contribution in [0, 0.1) is 0 Å². The number of para-hydroxylation sites is 1. The highest BCUT2D eigenvalue weighted by molar-refractivity contribution is 5.78. The molecule has 1 aromatic rings. The van der Waals surface area contributed by atoms with E-state index in [1.807, 2.05) is 25.1 Å². The molecule has 1 N–H and O–H groups in total. The van der Waals surface area contributed by atoms with Crippen LogP contribution >= 0.6 is 0 Å². The second kappa shape index (κ2) is 8.38. The van der Waals surface area contributed by atoms with Crippen molar-refractivity contribution in [3.8, 4) is 5.75 Å². The van der Waals surface area contributed by atoms with Crippen LogP contribution in [0.2, 0.25) is 0 Å². The number of carbonyl (C=O) groups is 2. The van der Waals surface area contributed by atoms with Crippen LogP contribution in [0.15, 0.2) is 30.3 Å². The second-order valence-electron chi connectivity index (χ2n) is 5.25. The maximum atomic E-state index is 12.2. The van der Waals surface area contributed by atoms with Gasteiger partial charge in [-0.25, -0.2) is 4.79 Å². The quantitative estimate of drug-likeness (QED) is 0.911. The highest BCUT2D eigenvalue weighted by atomic mass is 16.6.